The number of aromatic amines is 1. The Morgan fingerprint density at radius 1 is 1.06 bits per heavy atom. The maximum absolute atomic E-state index is 4.33. The summed E-state index contributed by atoms with van der Waals surface area (Å²) in [7, 11) is 0. The van der Waals surface area contributed by atoms with Crippen LogP contribution in [0.5, 0.6) is 0 Å². The maximum atomic E-state index is 4.33. The molecule has 16 heavy (non-hydrogen) atoms. The quantitative estimate of drug-likeness (QED) is 0.702. The van der Waals surface area contributed by atoms with Crippen molar-refractivity contribution >= 4 is 11.0 Å². The van der Waals surface area contributed by atoms with Crippen LogP contribution in [0.25, 0.3) is 22.2 Å². The van der Waals surface area contributed by atoms with E-state index in [1.54, 1.807) is 6.20 Å². The fourth-order valence-electron chi connectivity index (χ4n) is 1.63. The molecule has 83 valence electrons. The van der Waals surface area contributed by atoms with E-state index in [4.69, 9.17) is 0 Å². The Balaban J connectivity index is 0.000000963. The van der Waals surface area contributed by atoms with E-state index in [0.717, 1.165) is 22.2 Å². The van der Waals surface area contributed by atoms with Crippen molar-refractivity contribution in [1.82, 2.24) is 15.0 Å². The summed E-state index contributed by atoms with van der Waals surface area (Å²) in [6.07, 6.45) is 7.36. The van der Waals surface area contributed by atoms with Crippen LogP contribution in [-0.2, 0) is 22.4 Å². The zero-order chi connectivity index (χ0) is 10.1. The molecule has 0 atom stereocenters. The van der Waals surface area contributed by atoms with E-state index >= 15 is 0 Å². The topological polar surface area (TPSA) is 41.6 Å². The van der Waals surface area contributed by atoms with Crippen LogP contribution in [0.1, 0.15) is 0 Å². The van der Waals surface area contributed by atoms with Gasteiger partial charge in [0.1, 0.15) is 5.65 Å². The van der Waals surface area contributed by atoms with E-state index in [-0.39, 0.29) is 22.4 Å². The summed E-state index contributed by atoms with van der Waals surface area (Å²) in [4.78, 5) is 11.5. The van der Waals surface area contributed by atoms with E-state index in [9.17, 15) is 0 Å². The molecule has 0 aliphatic heterocycles. The predicted octanol–water partition coefficient (Wildman–Crippen LogP) is 2.62. The van der Waals surface area contributed by atoms with Crippen molar-refractivity contribution in [3.05, 3.63) is 49.1 Å². The predicted molar refractivity (Wildman–Crippen MR) is 59.3 cm³/mol. The third kappa shape index (κ3) is 1.93. The maximum Gasteiger partial charge on any atom is 0.137 e. The normalized spacial score (nSPS) is 10.0. The molecule has 1 radical (unpaired) electrons. The molecule has 3 aromatic heterocycles. The average molecular weight is 303 g/mol. The summed E-state index contributed by atoms with van der Waals surface area (Å²) in [6, 6.07) is 8.08. The minimum atomic E-state index is 0. The Bertz CT molecular complexity index is 589. The molecule has 0 spiro atoms. The molecule has 1 N–H and O–H groups in total. The van der Waals surface area contributed by atoms with E-state index in [1.165, 1.54) is 0 Å². The first-order chi connectivity index (χ1) is 7.43. The minimum absolute atomic E-state index is 0. The Morgan fingerprint density at radius 3 is 2.81 bits per heavy atom. The first-order valence-electron chi connectivity index (χ1n) is 4.77. The molecular formula is C12H9AgN3. The molecule has 0 aromatic carbocycles. The summed E-state index contributed by atoms with van der Waals surface area (Å²) in [5, 5.41) is 1.12. The van der Waals surface area contributed by atoms with Gasteiger partial charge in [-0.2, -0.15) is 0 Å². The molecular weight excluding hydrogens is 294 g/mol. The first-order valence-corrected chi connectivity index (χ1v) is 4.77. The van der Waals surface area contributed by atoms with Gasteiger partial charge in [-0.1, -0.05) is 6.07 Å². The van der Waals surface area contributed by atoms with Crippen LogP contribution in [0.3, 0.4) is 0 Å². The number of hydrogen-bond donors (Lipinski definition) is 1. The van der Waals surface area contributed by atoms with Crippen LogP contribution in [0, 0.1) is 0 Å². The molecule has 0 bridgehead atoms. The molecule has 0 fully saturated rings. The van der Waals surface area contributed by atoms with Crippen LogP contribution in [0.2, 0.25) is 0 Å². The van der Waals surface area contributed by atoms with Crippen LogP contribution >= 0.6 is 0 Å². The van der Waals surface area contributed by atoms with Crippen molar-refractivity contribution < 1.29 is 22.4 Å². The summed E-state index contributed by atoms with van der Waals surface area (Å²) in [5.74, 6) is 0. The van der Waals surface area contributed by atoms with Gasteiger partial charge >= 0.3 is 0 Å². The molecule has 0 aliphatic rings. The molecule has 3 rings (SSSR count). The van der Waals surface area contributed by atoms with Gasteiger partial charge in [0.25, 0.3) is 0 Å². The number of aromatic nitrogens is 3. The number of nitrogens with one attached hydrogen (secondary N) is 1. The molecule has 3 nitrogen and oxygen atoms in total. The summed E-state index contributed by atoms with van der Waals surface area (Å²) in [6.45, 7) is 0. The van der Waals surface area contributed by atoms with E-state index in [2.05, 4.69) is 21.0 Å². The Kier molecular flexibility index (Phi) is 3.20. The third-order valence-electron chi connectivity index (χ3n) is 2.39. The molecule has 0 saturated carbocycles. The van der Waals surface area contributed by atoms with E-state index in [1.807, 2.05) is 36.8 Å². The van der Waals surface area contributed by atoms with Gasteiger partial charge in [0.05, 0.1) is 0 Å². The summed E-state index contributed by atoms with van der Waals surface area (Å²) >= 11 is 0. The van der Waals surface area contributed by atoms with Crippen molar-refractivity contribution in [2.24, 2.45) is 0 Å². The summed E-state index contributed by atoms with van der Waals surface area (Å²) < 4.78 is 0. The monoisotopic (exact) mass is 302 g/mol. The SMILES string of the molecule is [Ag].c1cncc(-c2cnc3[nH]ccc3c2)c1. The first kappa shape index (κ1) is 11.1. The van der Waals surface area contributed by atoms with Crippen molar-refractivity contribution in [2.75, 3.05) is 0 Å². The van der Waals surface area contributed by atoms with Gasteiger partial charge in [0.15, 0.2) is 0 Å². The second-order valence-corrected chi connectivity index (χ2v) is 3.38. The number of pyridine rings is 2. The van der Waals surface area contributed by atoms with Gasteiger partial charge in [-0.15, -0.1) is 0 Å². The zero-order valence-corrected chi connectivity index (χ0v) is 9.80. The number of hydrogen-bond acceptors (Lipinski definition) is 2. The molecule has 3 heterocycles. The number of H-pyrrole nitrogens is 1. The smallest absolute Gasteiger partial charge is 0.137 e. The largest absolute Gasteiger partial charge is 0.346 e. The zero-order valence-electron chi connectivity index (χ0n) is 8.31. The molecule has 0 unspecified atom stereocenters. The molecule has 4 heteroatoms. The number of fused-ring (bicyclic) bond motifs is 1. The van der Waals surface area contributed by atoms with Crippen LogP contribution in [0.15, 0.2) is 49.1 Å². The summed E-state index contributed by atoms with van der Waals surface area (Å²) in [5.41, 5.74) is 3.10. The molecule has 0 amide bonds. The third-order valence-corrected chi connectivity index (χ3v) is 2.39. The Morgan fingerprint density at radius 2 is 2.00 bits per heavy atom. The van der Waals surface area contributed by atoms with Gasteiger partial charge in [0.2, 0.25) is 0 Å². The standard InChI is InChI=1S/C12H9N3.Ag/c1-2-10(7-13-4-1)11-6-9-3-5-14-12(9)15-8-11;/h1-8H,(H,14,15);. The van der Waals surface area contributed by atoms with E-state index in [0.29, 0.717) is 0 Å². The van der Waals surface area contributed by atoms with Crippen molar-refractivity contribution in [2.45, 2.75) is 0 Å². The number of rotatable bonds is 1. The number of nitrogens with zero attached hydrogens (tertiary/aromatic N) is 2. The molecule has 0 saturated heterocycles. The van der Waals surface area contributed by atoms with Gasteiger partial charge < -0.3 is 4.98 Å². The van der Waals surface area contributed by atoms with Crippen LogP contribution in [0.4, 0.5) is 0 Å². The molecule has 0 aliphatic carbocycles. The van der Waals surface area contributed by atoms with Crippen molar-refractivity contribution in [3.8, 4) is 11.1 Å². The average Bonchev–Trinajstić information content (AvgIpc) is 2.77. The Hall–Kier alpha value is -1.42. The minimum Gasteiger partial charge on any atom is -0.346 e. The second-order valence-electron chi connectivity index (χ2n) is 3.38. The van der Waals surface area contributed by atoms with Gasteiger partial charge in [-0.05, 0) is 18.2 Å². The van der Waals surface area contributed by atoms with Gasteiger partial charge in [-0.25, -0.2) is 4.98 Å². The van der Waals surface area contributed by atoms with Crippen LogP contribution < -0.4 is 0 Å². The second kappa shape index (κ2) is 4.62. The van der Waals surface area contributed by atoms with Crippen molar-refractivity contribution in [1.29, 1.82) is 0 Å². The fourth-order valence-corrected chi connectivity index (χ4v) is 1.63. The fraction of sp³-hybridized carbons (Fsp3) is 0. The van der Waals surface area contributed by atoms with E-state index < -0.39 is 0 Å². The molecule has 3 aromatic rings. The van der Waals surface area contributed by atoms with Crippen LogP contribution in [-0.4, -0.2) is 15.0 Å². The van der Waals surface area contributed by atoms with Gasteiger partial charge in [0, 0.05) is 63.7 Å². The van der Waals surface area contributed by atoms with Gasteiger partial charge in [-0.3, -0.25) is 4.98 Å². The Labute approximate surface area is 108 Å². The van der Waals surface area contributed by atoms with Crippen molar-refractivity contribution in [3.63, 3.8) is 0 Å².